The van der Waals surface area contributed by atoms with Crippen molar-refractivity contribution in [2.75, 3.05) is 13.2 Å². The molecule has 0 fully saturated rings. The molecule has 3 rings (SSSR count). The third-order valence-electron chi connectivity index (χ3n) is 3.57. The van der Waals surface area contributed by atoms with Gasteiger partial charge in [0.2, 0.25) is 5.91 Å². The van der Waals surface area contributed by atoms with E-state index in [0.717, 1.165) is 0 Å². The van der Waals surface area contributed by atoms with Crippen molar-refractivity contribution in [3.63, 3.8) is 0 Å². The summed E-state index contributed by atoms with van der Waals surface area (Å²) in [6, 6.07) is 5.75. The monoisotopic (exact) mass is 335 g/mol. The van der Waals surface area contributed by atoms with Gasteiger partial charge in [0.25, 0.3) is 0 Å². The fraction of sp³-hybridized carbons (Fsp3) is 0.267. The highest BCUT2D eigenvalue weighted by Crippen LogP contribution is 2.32. The molecule has 8 heteroatoms. The minimum Gasteiger partial charge on any atom is -0.491 e. The molecule has 2 heterocycles. The average molecular weight is 336 g/mol. The summed E-state index contributed by atoms with van der Waals surface area (Å²) in [5.74, 6) is -0.982. The Morgan fingerprint density at radius 2 is 2.17 bits per heavy atom. The molecule has 0 radical (unpaired) electrons. The van der Waals surface area contributed by atoms with Crippen LogP contribution in [0.1, 0.15) is 11.6 Å². The molecule has 2 aromatic rings. The van der Waals surface area contributed by atoms with E-state index in [1.807, 2.05) is 0 Å². The van der Waals surface area contributed by atoms with E-state index in [1.165, 1.54) is 22.0 Å². The molecule has 0 bridgehead atoms. The van der Waals surface area contributed by atoms with Crippen molar-refractivity contribution in [3.05, 3.63) is 47.2 Å². The van der Waals surface area contributed by atoms with E-state index < -0.39 is 12.0 Å². The van der Waals surface area contributed by atoms with E-state index in [2.05, 4.69) is 5.10 Å². The van der Waals surface area contributed by atoms with Crippen LogP contribution in [0, 0.1) is 0 Å². The Morgan fingerprint density at radius 1 is 1.39 bits per heavy atom. The molecule has 1 amide bonds. The summed E-state index contributed by atoms with van der Waals surface area (Å²) in [5, 5.41) is 14.0. The van der Waals surface area contributed by atoms with Crippen LogP contribution in [0.2, 0.25) is 5.02 Å². The van der Waals surface area contributed by atoms with Crippen molar-refractivity contribution < 1.29 is 19.4 Å². The lowest BCUT2D eigenvalue weighted by Gasteiger charge is -2.26. The fourth-order valence-electron chi connectivity index (χ4n) is 2.58. The first kappa shape index (κ1) is 15.4. The number of ether oxygens (including phenoxy) is 1. The van der Waals surface area contributed by atoms with Gasteiger partial charge in [0.05, 0.1) is 17.8 Å². The highest BCUT2D eigenvalue weighted by Gasteiger charge is 2.35. The van der Waals surface area contributed by atoms with Crippen molar-refractivity contribution in [1.82, 2.24) is 14.7 Å². The summed E-state index contributed by atoms with van der Waals surface area (Å²) in [4.78, 5) is 25.6. The van der Waals surface area contributed by atoms with E-state index in [9.17, 15) is 14.7 Å². The van der Waals surface area contributed by atoms with Gasteiger partial charge in [-0.2, -0.15) is 5.10 Å². The topological polar surface area (TPSA) is 84.7 Å². The lowest BCUT2D eigenvalue weighted by molar-refractivity contribution is -0.150. The molecule has 0 saturated carbocycles. The first-order valence-electron chi connectivity index (χ1n) is 6.98. The number of fused-ring (bicyclic) bond motifs is 1. The van der Waals surface area contributed by atoms with E-state index in [-0.39, 0.29) is 25.6 Å². The van der Waals surface area contributed by atoms with Gasteiger partial charge in [-0.05, 0) is 6.07 Å². The Labute approximate surface area is 137 Å². The number of benzene rings is 1. The Morgan fingerprint density at radius 3 is 2.87 bits per heavy atom. The van der Waals surface area contributed by atoms with Crippen LogP contribution >= 0.6 is 11.6 Å². The number of carboxylic acids is 1. The normalized spacial score (nSPS) is 17.1. The molecule has 120 valence electrons. The number of halogens is 1. The Balaban J connectivity index is 1.90. The molecule has 1 N–H and O–H groups in total. The van der Waals surface area contributed by atoms with Gasteiger partial charge in [0.1, 0.15) is 18.9 Å². The van der Waals surface area contributed by atoms with Gasteiger partial charge >= 0.3 is 5.97 Å². The van der Waals surface area contributed by atoms with E-state index in [0.29, 0.717) is 16.3 Å². The van der Waals surface area contributed by atoms with Gasteiger partial charge < -0.3 is 14.7 Å². The maximum Gasteiger partial charge on any atom is 0.331 e. The summed E-state index contributed by atoms with van der Waals surface area (Å²) in [6.45, 7) is 0.324. The maximum atomic E-state index is 12.6. The van der Waals surface area contributed by atoms with Gasteiger partial charge in [0.15, 0.2) is 6.04 Å². The Bertz CT molecular complexity index is 746. The maximum absolute atomic E-state index is 12.6. The molecule has 1 aliphatic heterocycles. The molecule has 1 aromatic carbocycles. The zero-order chi connectivity index (χ0) is 16.4. The average Bonchev–Trinajstić information content (AvgIpc) is 2.82. The molecule has 1 aliphatic rings. The van der Waals surface area contributed by atoms with Crippen LogP contribution < -0.4 is 4.74 Å². The molecule has 0 aliphatic carbocycles. The highest BCUT2D eigenvalue weighted by molar-refractivity contribution is 6.30. The van der Waals surface area contributed by atoms with Crippen molar-refractivity contribution >= 4 is 23.5 Å². The summed E-state index contributed by atoms with van der Waals surface area (Å²) >= 11 is 5.78. The minimum absolute atomic E-state index is 0.0847. The number of nitrogens with zero attached hydrogens (tertiary/aromatic N) is 3. The summed E-state index contributed by atoms with van der Waals surface area (Å²) < 4.78 is 6.94. The van der Waals surface area contributed by atoms with Gasteiger partial charge in [-0.15, -0.1) is 0 Å². The van der Waals surface area contributed by atoms with Gasteiger partial charge in [0, 0.05) is 11.8 Å². The van der Waals surface area contributed by atoms with Crippen LogP contribution in [0.4, 0.5) is 0 Å². The van der Waals surface area contributed by atoms with E-state index >= 15 is 0 Å². The zero-order valence-electron chi connectivity index (χ0n) is 12.1. The minimum atomic E-state index is -1.10. The smallest absolute Gasteiger partial charge is 0.331 e. The van der Waals surface area contributed by atoms with Gasteiger partial charge in [-0.3, -0.25) is 9.48 Å². The SMILES string of the molecule is O=C(O)C1c2ccccc2OCCN1C(=O)Cn1cc(Cl)cn1. The third-order valence-corrected chi connectivity index (χ3v) is 3.76. The molecule has 1 aromatic heterocycles. The molecular formula is C15H14ClN3O4. The molecule has 0 spiro atoms. The predicted molar refractivity (Wildman–Crippen MR) is 81.3 cm³/mol. The summed E-state index contributed by atoms with van der Waals surface area (Å²) in [6.07, 6.45) is 2.93. The van der Waals surface area contributed by atoms with Crippen LogP contribution in [0.5, 0.6) is 5.75 Å². The first-order valence-corrected chi connectivity index (χ1v) is 7.36. The molecule has 1 unspecified atom stereocenters. The second-order valence-corrected chi connectivity index (χ2v) is 5.51. The number of hydrogen-bond donors (Lipinski definition) is 1. The lowest BCUT2D eigenvalue weighted by atomic mass is 10.0. The standard InChI is InChI=1S/C15H14ClN3O4/c16-10-7-17-18(8-10)9-13(20)19-5-6-23-12-4-2-1-3-11(12)14(19)15(21)22/h1-4,7-8,14H,5-6,9H2,(H,21,22). The number of amides is 1. The van der Waals surface area contributed by atoms with Crippen molar-refractivity contribution in [2.45, 2.75) is 12.6 Å². The van der Waals surface area contributed by atoms with Crippen LogP contribution in [0.15, 0.2) is 36.7 Å². The predicted octanol–water partition coefficient (Wildman–Crippen LogP) is 1.58. The number of para-hydroxylation sites is 1. The number of carbonyl (C=O) groups is 2. The molecular weight excluding hydrogens is 322 g/mol. The molecule has 0 saturated heterocycles. The molecule has 1 atom stereocenters. The summed E-state index contributed by atoms with van der Waals surface area (Å²) in [7, 11) is 0. The van der Waals surface area contributed by atoms with Gasteiger partial charge in [-0.25, -0.2) is 4.79 Å². The Kier molecular flexibility index (Phi) is 4.20. The Hall–Kier alpha value is -2.54. The number of carboxylic acid groups (broad SMARTS) is 1. The highest BCUT2D eigenvalue weighted by atomic mass is 35.5. The van der Waals surface area contributed by atoms with Gasteiger partial charge in [-0.1, -0.05) is 29.8 Å². The number of aliphatic carboxylic acids is 1. The van der Waals surface area contributed by atoms with Crippen molar-refractivity contribution in [1.29, 1.82) is 0 Å². The largest absolute Gasteiger partial charge is 0.491 e. The second-order valence-electron chi connectivity index (χ2n) is 5.07. The van der Waals surface area contributed by atoms with Crippen LogP contribution in [-0.4, -0.2) is 44.8 Å². The quantitative estimate of drug-likeness (QED) is 0.920. The van der Waals surface area contributed by atoms with Crippen LogP contribution in [0.3, 0.4) is 0 Å². The number of aromatic nitrogens is 2. The van der Waals surface area contributed by atoms with E-state index in [1.54, 1.807) is 24.3 Å². The first-order chi connectivity index (χ1) is 11.1. The number of rotatable bonds is 3. The van der Waals surface area contributed by atoms with Crippen molar-refractivity contribution in [2.24, 2.45) is 0 Å². The zero-order valence-corrected chi connectivity index (χ0v) is 12.8. The number of carbonyl (C=O) groups excluding carboxylic acids is 1. The molecule has 7 nitrogen and oxygen atoms in total. The molecule has 23 heavy (non-hydrogen) atoms. The lowest BCUT2D eigenvalue weighted by Crippen LogP contribution is -2.41. The van der Waals surface area contributed by atoms with Crippen LogP contribution in [0.25, 0.3) is 0 Å². The third kappa shape index (κ3) is 3.14. The number of hydrogen-bond acceptors (Lipinski definition) is 4. The summed E-state index contributed by atoms with van der Waals surface area (Å²) in [5.41, 5.74) is 0.462. The fourth-order valence-corrected chi connectivity index (χ4v) is 2.73. The van der Waals surface area contributed by atoms with Crippen molar-refractivity contribution in [3.8, 4) is 5.75 Å². The van der Waals surface area contributed by atoms with E-state index in [4.69, 9.17) is 16.3 Å². The second kappa shape index (κ2) is 6.29. The van der Waals surface area contributed by atoms with Crippen LogP contribution in [-0.2, 0) is 16.1 Å².